The van der Waals surface area contributed by atoms with Crippen LogP contribution in [-0.2, 0) is 6.42 Å². The highest BCUT2D eigenvalue weighted by atomic mass is 35.5. The van der Waals surface area contributed by atoms with Crippen LogP contribution in [0.4, 0.5) is 0 Å². The van der Waals surface area contributed by atoms with E-state index in [1.165, 1.54) is 70.1 Å². The highest BCUT2D eigenvalue weighted by Crippen LogP contribution is 2.30. The maximum absolute atomic E-state index is 6.25. The van der Waals surface area contributed by atoms with Crippen molar-refractivity contribution in [2.24, 2.45) is 0 Å². The van der Waals surface area contributed by atoms with E-state index in [0.29, 0.717) is 0 Å². The zero-order valence-electron chi connectivity index (χ0n) is 13.6. The van der Waals surface area contributed by atoms with E-state index in [-0.39, 0.29) is 0 Å². The molecule has 0 aromatic heterocycles. The molecule has 3 rings (SSSR count). The number of rotatable bonds is 6. The second kappa shape index (κ2) is 8.33. The van der Waals surface area contributed by atoms with Crippen LogP contribution < -0.4 is 5.32 Å². The summed E-state index contributed by atoms with van der Waals surface area (Å²) in [4.78, 5) is 2.62. The van der Waals surface area contributed by atoms with Crippen LogP contribution in [0.2, 0.25) is 5.02 Å². The van der Waals surface area contributed by atoms with Crippen LogP contribution in [0.5, 0.6) is 0 Å². The van der Waals surface area contributed by atoms with Crippen molar-refractivity contribution in [2.75, 3.05) is 32.7 Å². The topological polar surface area (TPSA) is 15.3 Å². The minimum atomic E-state index is 0.729. The van der Waals surface area contributed by atoms with Crippen molar-refractivity contribution < 1.29 is 0 Å². The Morgan fingerprint density at radius 3 is 2.64 bits per heavy atom. The summed E-state index contributed by atoms with van der Waals surface area (Å²) >= 11 is 6.25. The van der Waals surface area contributed by atoms with Crippen molar-refractivity contribution >= 4 is 11.6 Å². The van der Waals surface area contributed by atoms with Gasteiger partial charge in [-0.1, -0.05) is 17.7 Å². The summed E-state index contributed by atoms with van der Waals surface area (Å²) in [6, 6.07) is 6.58. The smallest absolute Gasteiger partial charge is 0.0408 e. The molecule has 0 aliphatic carbocycles. The molecular weight excluding hydrogens is 292 g/mol. The van der Waals surface area contributed by atoms with Crippen LogP contribution in [0.1, 0.15) is 55.6 Å². The maximum atomic E-state index is 6.25. The van der Waals surface area contributed by atoms with Crippen LogP contribution in [0.3, 0.4) is 0 Å². The summed E-state index contributed by atoms with van der Waals surface area (Å²) in [7, 11) is 0. The quantitative estimate of drug-likeness (QED) is 0.789. The van der Waals surface area contributed by atoms with E-state index in [0.717, 1.165) is 24.0 Å². The standard InChI is InChI=1S/C19H29ClN2/c20-18-6-7-19(16-8-10-21-11-9-16)17(15-18)5-1-2-12-22-13-3-4-14-22/h6-7,15-16,21H,1-5,8-14H2. The van der Waals surface area contributed by atoms with Crippen LogP contribution in [0, 0.1) is 0 Å². The number of hydrogen-bond donors (Lipinski definition) is 1. The number of halogens is 1. The normalized spacial score (nSPS) is 20.6. The Kier molecular flexibility index (Phi) is 6.17. The van der Waals surface area contributed by atoms with E-state index in [1.54, 1.807) is 5.56 Å². The third-order valence-corrected chi connectivity index (χ3v) is 5.49. The summed E-state index contributed by atoms with van der Waals surface area (Å²) in [5, 5.41) is 4.36. The first kappa shape index (κ1) is 16.3. The van der Waals surface area contributed by atoms with Gasteiger partial charge >= 0.3 is 0 Å². The zero-order valence-corrected chi connectivity index (χ0v) is 14.4. The fourth-order valence-electron chi connectivity index (χ4n) is 3.98. The Morgan fingerprint density at radius 1 is 1.09 bits per heavy atom. The monoisotopic (exact) mass is 320 g/mol. The zero-order chi connectivity index (χ0) is 15.2. The van der Waals surface area contributed by atoms with Crippen molar-refractivity contribution in [3.8, 4) is 0 Å². The second-order valence-electron chi connectivity index (χ2n) is 6.87. The molecule has 0 atom stereocenters. The SMILES string of the molecule is Clc1ccc(C2CCNCC2)c(CCCCN2CCCC2)c1. The molecule has 2 aliphatic rings. The largest absolute Gasteiger partial charge is 0.317 e. The van der Waals surface area contributed by atoms with Gasteiger partial charge in [0.05, 0.1) is 0 Å². The average Bonchev–Trinajstić information content (AvgIpc) is 3.06. The molecule has 22 heavy (non-hydrogen) atoms. The molecule has 122 valence electrons. The van der Waals surface area contributed by atoms with E-state index in [1.807, 2.05) is 0 Å². The number of nitrogens with one attached hydrogen (secondary N) is 1. The molecule has 2 nitrogen and oxygen atoms in total. The van der Waals surface area contributed by atoms with Gasteiger partial charge in [-0.2, -0.15) is 0 Å². The van der Waals surface area contributed by atoms with Crippen molar-refractivity contribution in [3.63, 3.8) is 0 Å². The molecule has 2 heterocycles. The Balaban J connectivity index is 1.55. The molecule has 2 saturated heterocycles. The lowest BCUT2D eigenvalue weighted by Gasteiger charge is -2.25. The lowest BCUT2D eigenvalue weighted by Crippen LogP contribution is -2.27. The molecule has 0 bridgehead atoms. The minimum Gasteiger partial charge on any atom is -0.317 e. The fourth-order valence-corrected chi connectivity index (χ4v) is 4.17. The molecule has 0 radical (unpaired) electrons. The van der Waals surface area contributed by atoms with Crippen molar-refractivity contribution in [3.05, 3.63) is 34.3 Å². The molecule has 1 N–H and O–H groups in total. The third-order valence-electron chi connectivity index (χ3n) is 5.25. The molecule has 3 heteroatoms. The van der Waals surface area contributed by atoms with E-state index in [2.05, 4.69) is 28.4 Å². The van der Waals surface area contributed by atoms with Gasteiger partial charge in [-0.05, 0) is 107 Å². The van der Waals surface area contributed by atoms with E-state index < -0.39 is 0 Å². The molecule has 0 spiro atoms. The first-order chi connectivity index (χ1) is 10.8. The second-order valence-corrected chi connectivity index (χ2v) is 7.31. The number of nitrogens with zero attached hydrogens (tertiary/aromatic N) is 1. The van der Waals surface area contributed by atoms with Crippen LogP contribution in [0.15, 0.2) is 18.2 Å². The van der Waals surface area contributed by atoms with Crippen LogP contribution >= 0.6 is 11.6 Å². The van der Waals surface area contributed by atoms with Crippen LogP contribution in [0.25, 0.3) is 0 Å². The highest BCUT2D eigenvalue weighted by Gasteiger charge is 2.18. The Labute approximate surface area is 140 Å². The van der Waals surface area contributed by atoms with Gasteiger partial charge in [-0.15, -0.1) is 0 Å². The van der Waals surface area contributed by atoms with Gasteiger partial charge in [0.2, 0.25) is 0 Å². The molecule has 2 fully saturated rings. The molecule has 0 unspecified atom stereocenters. The Morgan fingerprint density at radius 2 is 1.86 bits per heavy atom. The van der Waals surface area contributed by atoms with Gasteiger partial charge in [0.1, 0.15) is 0 Å². The first-order valence-corrected chi connectivity index (χ1v) is 9.42. The summed E-state index contributed by atoms with van der Waals surface area (Å²) in [5.41, 5.74) is 3.06. The van der Waals surface area contributed by atoms with E-state index in [9.17, 15) is 0 Å². The van der Waals surface area contributed by atoms with Gasteiger partial charge in [-0.3, -0.25) is 0 Å². The lowest BCUT2D eigenvalue weighted by molar-refractivity contribution is 0.330. The number of piperidine rings is 1. The number of likely N-dealkylation sites (tertiary alicyclic amines) is 1. The van der Waals surface area contributed by atoms with Gasteiger partial charge in [0.15, 0.2) is 0 Å². The van der Waals surface area contributed by atoms with Gasteiger partial charge < -0.3 is 10.2 Å². The van der Waals surface area contributed by atoms with Crippen molar-refractivity contribution in [2.45, 2.75) is 50.9 Å². The fraction of sp³-hybridized carbons (Fsp3) is 0.684. The Bertz CT molecular complexity index is 463. The predicted octanol–water partition coefficient (Wildman–Crippen LogP) is 4.23. The molecule has 1 aromatic carbocycles. The molecule has 0 amide bonds. The van der Waals surface area contributed by atoms with E-state index >= 15 is 0 Å². The van der Waals surface area contributed by atoms with E-state index in [4.69, 9.17) is 11.6 Å². The lowest BCUT2D eigenvalue weighted by atomic mass is 9.86. The summed E-state index contributed by atoms with van der Waals surface area (Å²) in [6.07, 6.45) is 9.12. The van der Waals surface area contributed by atoms with Crippen molar-refractivity contribution in [1.29, 1.82) is 0 Å². The van der Waals surface area contributed by atoms with Gasteiger partial charge in [-0.25, -0.2) is 0 Å². The Hall–Kier alpha value is -0.570. The van der Waals surface area contributed by atoms with Gasteiger partial charge in [0.25, 0.3) is 0 Å². The minimum absolute atomic E-state index is 0.729. The highest BCUT2D eigenvalue weighted by molar-refractivity contribution is 6.30. The number of unbranched alkanes of at least 4 members (excludes halogenated alkanes) is 1. The summed E-state index contributed by atoms with van der Waals surface area (Å²) in [6.45, 7) is 6.22. The number of benzene rings is 1. The molecular formula is C19H29ClN2. The number of hydrogen-bond acceptors (Lipinski definition) is 2. The average molecular weight is 321 g/mol. The summed E-state index contributed by atoms with van der Waals surface area (Å²) in [5.74, 6) is 0.729. The molecule has 1 aromatic rings. The summed E-state index contributed by atoms with van der Waals surface area (Å²) < 4.78 is 0. The molecule has 2 aliphatic heterocycles. The number of aryl methyl sites for hydroxylation is 1. The van der Waals surface area contributed by atoms with Crippen LogP contribution in [-0.4, -0.2) is 37.6 Å². The van der Waals surface area contributed by atoms with Gasteiger partial charge in [0, 0.05) is 5.02 Å². The first-order valence-electron chi connectivity index (χ1n) is 9.04. The third kappa shape index (κ3) is 4.47. The van der Waals surface area contributed by atoms with Crippen molar-refractivity contribution in [1.82, 2.24) is 10.2 Å². The molecule has 0 saturated carbocycles. The maximum Gasteiger partial charge on any atom is 0.0408 e. The predicted molar refractivity (Wildman–Crippen MR) is 94.9 cm³/mol.